The smallest absolute Gasteiger partial charge is 0.347 e. The number of nitrogens with zero attached hydrogens (tertiary/aromatic N) is 3. The summed E-state index contributed by atoms with van der Waals surface area (Å²) in [6.45, 7) is 12.2. The van der Waals surface area contributed by atoms with Gasteiger partial charge in [0, 0.05) is 18.3 Å². The average molecular weight is 387 g/mol. The summed E-state index contributed by atoms with van der Waals surface area (Å²) in [5.41, 5.74) is 9.03. The quantitative estimate of drug-likeness (QED) is 0.667. The number of nitrogens with one attached hydrogen (secondary N) is 2. The van der Waals surface area contributed by atoms with Crippen LogP contribution >= 0.6 is 0 Å². The maximum Gasteiger partial charge on any atom is 0.347 e. The van der Waals surface area contributed by atoms with Crippen LogP contribution in [0.2, 0.25) is 0 Å². The summed E-state index contributed by atoms with van der Waals surface area (Å²) in [6, 6.07) is 7.85. The van der Waals surface area contributed by atoms with Gasteiger partial charge in [0.05, 0.1) is 28.6 Å². The zero-order valence-corrected chi connectivity index (χ0v) is 17.2. The van der Waals surface area contributed by atoms with Crippen molar-refractivity contribution in [2.24, 2.45) is 5.10 Å². The number of allylic oxidation sites excluding steroid dienone is 1. The monoisotopic (exact) mass is 387 g/mol. The van der Waals surface area contributed by atoms with Gasteiger partial charge in [0.1, 0.15) is 0 Å². The van der Waals surface area contributed by atoms with Crippen molar-refractivity contribution in [3.63, 3.8) is 0 Å². The second-order valence-corrected chi connectivity index (χ2v) is 7.84. The number of benzene rings is 1. The Bertz CT molecular complexity index is 1130. The first-order chi connectivity index (χ1) is 13.8. The number of fused-ring (bicyclic) bond motifs is 1. The fourth-order valence-electron chi connectivity index (χ4n) is 3.74. The number of urea groups is 1. The van der Waals surface area contributed by atoms with Gasteiger partial charge in [-0.15, -0.1) is 0 Å². The molecule has 0 bridgehead atoms. The minimum Gasteiger partial charge on any atom is -0.360 e. The number of aromatic amines is 1. The van der Waals surface area contributed by atoms with Crippen LogP contribution in [0.15, 0.2) is 47.8 Å². The van der Waals surface area contributed by atoms with Crippen molar-refractivity contribution < 1.29 is 4.79 Å². The van der Waals surface area contributed by atoms with Crippen molar-refractivity contribution >= 4 is 29.0 Å². The summed E-state index contributed by atoms with van der Waals surface area (Å²) in [4.78, 5) is 20.5. The van der Waals surface area contributed by atoms with E-state index < -0.39 is 0 Å². The molecule has 0 radical (unpaired) electrons. The van der Waals surface area contributed by atoms with Gasteiger partial charge in [-0.1, -0.05) is 20.4 Å². The molecule has 0 atom stereocenters. The number of aryl methyl sites for hydroxylation is 2. The van der Waals surface area contributed by atoms with Gasteiger partial charge in [0.15, 0.2) is 0 Å². The number of hydrazone groups is 1. The Balaban J connectivity index is 1.67. The predicted molar refractivity (Wildman–Crippen MR) is 118 cm³/mol. The lowest BCUT2D eigenvalue weighted by Crippen LogP contribution is -2.40. The summed E-state index contributed by atoms with van der Waals surface area (Å²) in [5, 5.41) is 8.23. The van der Waals surface area contributed by atoms with Crippen molar-refractivity contribution in [3.05, 3.63) is 70.7 Å². The van der Waals surface area contributed by atoms with Gasteiger partial charge in [-0.2, -0.15) is 10.1 Å². The average Bonchev–Trinajstić information content (AvgIpc) is 3.08. The number of carbonyl (C=O) groups is 1. The van der Waals surface area contributed by atoms with E-state index in [9.17, 15) is 4.79 Å². The highest BCUT2D eigenvalue weighted by atomic mass is 16.2. The van der Waals surface area contributed by atoms with Crippen LogP contribution in [0, 0.1) is 13.8 Å². The van der Waals surface area contributed by atoms with E-state index in [1.54, 1.807) is 6.21 Å². The molecular formula is C23H25N5O. The largest absolute Gasteiger partial charge is 0.360 e. The Kier molecular flexibility index (Phi) is 4.70. The molecule has 0 fully saturated rings. The van der Waals surface area contributed by atoms with Crippen molar-refractivity contribution in [2.45, 2.75) is 40.0 Å². The Morgan fingerprint density at radius 1 is 1.17 bits per heavy atom. The maximum absolute atomic E-state index is 12.2. The molecule has 0 saturated heterocycles. The number of rotatable bonds is 4. The highest BCUT2D eigenvalue weighted by Gasteiger charge is 2.20. The first-order valence-electron chi connectivity index (χ1n) is 9.74. The zero-order valence-electron chi connectivity index (χ0n) is 17.2. The van der Waals surface area contributed by atoms with E-state index >= 15 is 0 Å². The number of hydrogen-bond acceptors (Lipinski definition) is 3. The third kappa shape index (κ3) is 3.53. The fraction of sp³-hybridized carbons (Fsp3) is 0.261. The van der Waals surface area contributed by atoms with E-state index in [1.165, 1.54) is 16.1 Å². The van der Waals surface area contributed by atoms with E-state index in [-0.39, 0.29) is 6.03 Å². The van der Waals surface area contributed by atoms with Crippen LogP contribution in [0.4, 0.5) is 10.5 Å². The fourth-order valence-corrected chi connectivity index (χ4v) is 3.74. The second kappa shape index (κ2) is 7.20. The molecule has 2 amide bonds. The lowest BCUT2D eigenvalue weighted by Gasteiger charge is -2.23. The van der Waals surface area contributed by atoms with E-state index in [4.69, 9.17) is 4.98 Å². The molecule has 0 unspecified atom stereocenters. The van der Waals surface area contributed by atoms with Crippen molar-refractivity contribution in [1.29, 1.82) is 0 Å². The number of aromatic nitrogens is 2. The molecule has 3 aromatic rings. The predicted octanol–water partition coefficient (Wildman–Crippen LogP) is 4.92. The van der Waals surface area contributed by atoms with Gasteiger partial charge >= 0.3 is 6.03 Å². The Hall–Kier alpha value is -3.41. The minimum atomic E-state index is -0.301. The van der Waals surface area contributed by atoms with Crippen LogP contribution in [0.1, 0.15) is 47.7 Å². The SMILES string of the molecule is C=C1C=NN(c2cc(C)c(Cc3ccc4[nH]cc(C(C)C)c4n3)c(C)c2)C(=O)N1. The lowest BCUT2D eigenvalue weighted by atomic mass is 9.97. The minimum absolute atomic E-state index is 0.301. The van der Waals surface area contributed by atoms with E-state index in [0.717, 1.165) is 40.0 Å². The van der Waals surface area contributed by atoms with Crippen molar-refractivity contribution in [1.82, 2.24) is 15.3 Å². The molecule has 148 valence electrons. The molecule has 0 aliphatic carbocycles. The first-order valence-corrected chi connectivity index (χ1v) is 9.74. The van der Waals surface area contributed by atoms with Crippen LogP contribution in [-0.2, 0) is 6.42 Å². The molecule has 6 heteroatoms. The summed E-state index contributed by atoms with van der Waals surface area (Å²) >= 11 is 0. The number of anilines is 1. The molecule has 1 aromatic carbocycles. The standard InChI is InChI=1S/C23H25N5O/c1-13(2)20-12-24-21-7-6-17(27-22(20)21)10-19-14(3)8-18(9-15(19)4)28-23(29)26-16(5)11-25-28/h6-9,11-13,24H,5,10H2,1-4H3,(H,26,29). The van der Waals surface area contributed by atoms with Crippen LogP contribution in [0.3, 0.4) is 0 Å². The van der Waals surface area contributed by atoms with Gasteiger partial charge in [-0.3, -0.25) is 4.98 Å². The van der Waals surface area contributed by atoms with Gasteiger partial charge in [-0.25, -0.2) is 4.79 Å². The van der Waals surface area contributed by atoms with Crippen LogP contribution in [0.25, 0.3) is 11.0 Å². The Morgan fingerprint density at radius 2 is 1.90 bits per heavy atom. The number of amides is 2. The Morgan fingerprint density at radius 3 is 2.55 bits per heavy atom. The molecular weight excluding hydrogens is 362 g/mol. The number of H-pyrrole nitrogens is 1. The molecule has 1 aliphatic heterocycles. The Labute approximate surface area is 170 Å². The molecule has 6 nitrogen and oxygen atoms in total. The summed E-state index contributed by atoms with van der Waals surface area (Å²) in [5.74, 6) is 0.418. The molecule has 2 aromatic heterocycles. The van der Waals surface area contributed by atoms with Gasteiger partial charge in [0.25, 0.3) is 0 Å². The second-order valence-electron chi connectivity index (χ2n) is 7.84. The van der Waals surface area contributed by atoms with E-state index in [0.29, 0.717) is 11.6 Å². The molecule has 29 heavy (non-hydrogen) atoms. The van der Waals surface area contributed by atoms with Crippen molar-refractivity contribution in [3.8, 4) is 0 Å². The van der Waals surface area contributed by atoms with Crippen LogP contribution in [0.5, 0.6) is 0 Å². The third-order valence-corrected chi connectivity index (χ3v) is 5.30. The molecule has 0 saturated carbocycles. The first kappa shape index (κ1) is 18.9. The van der Waals surface area contributed by atoms with E-state index in [2.05, 4.69) is 68.0 Å². The molecule has 1 aliphatic rings. The summed E-state index contributed by atoms with van der Waals surface area (Å²) in [7, 11) is 0. The van der Waals surface area contributed by atoms with Crippen molar-refractivity contribution in [2.75, 3.05) is 5.01 Å². The van der Waals surface area contributed by atoms with Crippen LogP contribution < -0.4 is 10.3 Å². The number of hydrogen-bond donors (Lipinski definition) is 2. The number of pyridine rings is 1. The summed E-state index contributed by atoms with van der Waals surface area (Å²) in [6.07, 6.45) is 4.33. The molecule has 3 heterocycles. The van der Waals surface area contributed by atoms with Crippen LogP contribution in [-0.4, -0.2) is 22.2 Å². The number of carbonyl (C=O) groups excluding carboxylic acids is 1. The zero-order chi connectivity index (χ0) is 20.7. The normalized spacial score (nSPS) is 14.2. The maximum atomic E-state index is 12.2. The van der Waals surface area contributed by atoms with Gasteiger partial charge in [0.2, 0.25) is 0 Å². The van der Waals surface area contributed by atoms with Gasteiger partial charge in [-0.05, 0) is 66.3 Å². The molecule has 2 N–H and O–H groups in total. The lowest BCUT2D eigenvalue weighted by molar-refractivity contribution is 0.248. The highest BCUT2D eigenvalue weighted by molar-refractivity contribution is 6.01. The topological polar surface area (TPSA) is 73.4 Å². The molecule has 4 rings (SSSR count). The molecule has 0 spiro atoms. The summed E-state index contributed by atoms with van der Waals surface area (Å²) < 4.78 is 0. The highest BCUT2D eigenvalue weighted by Crippen LogP contribution is 2.28. The van der Waals surface area contributed by atoms with Gasteiger partial charge < -0.3 is 10.3 Å². The van der Waals surface area contributed by atoms with E-state index in [1.807, 2.05) is 12.1 Å². The third-order valence-electron chi connectivity index (χ3n) is 5.30.